The van der Waals surface area contributed by atoms with Gasteiger partial charge in [-0.1, -0.05) is 0 Å². The summed E-state index contributed by atoms with van der Waals surface area (Å²) >= 11 is 6.31. The number of phenolic OH excluding ortho intramolecular Hbond substituents is 2. The number of phenols is 2. The Morgan fingerprint density at radius 2 is 1.96 bits per heavy atom. The monoisotopic (exact) mass is 502 g/mol. The molecule has 0 aliphatic carbocycles. The van der Waals surface area contributed by atoms with Crippen molar-refractivity contribution in [1.29, 1.82) is 0 Å². The van der Waals surface area contributed by atoms with Crippen LogP contribution < -0.4 is 15.1 Å². The molecule has 1 aliphatic heterocycles. The van der Waals surface area contributed by atoms with Gasteiger partial charge in [0.2, 0.25) is 5.95 Å². The minimum absolute atomic E-state index is 0.102. The van der Waals surface area contributed by atoms with Gasteiger partial charge in [-0.15, -0.1) is 0 Å². The van der Waals surface area contributed by atoms with Crippen LogP contribution in [0.1, 0.15) is 5.56 Å². The van der Waals surface area contributed by atoms with Crippen molar-refractivity contribution in [3.63, 3.8) is 0 Å². The zero-order valence-corrected chi connectivity index (χ0v) is 17.4. The Morgan fingerprint density at radius 1 is 1.22 bits per heavy atom. The van der Waals surface area contributed by atoms with E-state index in [-0.39, 0.29) is 27.9 Å². The molecule has 0 bridgehead atoms. The summed E-state index contributed by atoms with van der Waals surface area (Å²) in [7, 11) is 1.47. The lowest BCUT2D eigenvalue weighted by Gasteiger charge is -2.26. The summed E-state index contributed by atoms with van der Waals surface area (Å²) in [4.78, 5) is 14.6. The first-order chi connectivity index (χ1) is 13.0. The number of aromatic hydroxyl groups is 2. The van der Waals surface area contributed by atoms with Gasteiger partial charge in [0.15, 0.2) is 0 Å². The van der Waals surface area contributed by atoms with Crippen LogP contribution in [0.3, 0.4) is 0 Å². The Kier molecular flexibility index (Phi) is 6.29. The smallest absolute Gasteiger partial charge is 0.322 e. The van der Waals surface area contributed by atoms with Crippen molar-refractivity contribution in [2.24, 2.45) is 5.10 Å². The number of hydrogen-bond donors (Lipinski definition) is 3. The van der Waals surface area contributed by atoms with Crippen LogP contribution in [-0.4, -0.2) is 64.8 Å². The van der Waals surface area contributed by atoms with Gasteiger partial charge in [-0.25, -0.2) is 5.43 Å². The van der Waals surface area contributed by atoms with Crippen LogP contribution in [0, 0.1) is 0 Å². The predicted octanol–water partition coefficient (Wildman–Crippen LogP) is 2.10. The second-order valence-electron chi connectivity index (χ2n) is 5.37. The molecule has 1 fully saturated rings. The second kappa shape index (κ2) is 8.67. The summed E-state index contributed by atoms with van der Waals surface area (Å²) in [6.45, 7) is 2.52. The lowest BCUT2D eigenvalue weighted by Crippen LogP contribution is -2.37. The molecule has 27 heavy (non-hydrogen) atoms. The van der Waals surface area contributed by atoms with Crippen LogP contribution in [-0.2, 0) is 4.74 Å². The Labute approximate surface area is 171 Å². The topological polar surface area (TPSA) is 125 Å². The van der Waals surface area contributed by atoms with E-state index in [1.807, 2.05) is 4.90 Å². The minimum atomic E-state index is -0.150. The molecule has 1 saturated heterocycles. The van der Waals surface area contributed by atoms with Crippen molar-refractivity contribution in [3.05, 3.63) is 20.6 Å². The molecular weight excluding hydrogens is 488 g/mol. The number of anilines is 2. The maximum atomic E-state index is 10.1. The van der Waals surface area contributed by atoms with Gasteiger partial charge in [0, 0.05) is 18.7 Å². The number of hydrogen-bond acceptors (Lipinski definition) is 10. The van der Waals surface area contributed by atoms with Crippen LogP contribution in [0.5, 0.6) is 17.5 Å². The average molecular weight is 504 g/mol. The lowest BCUT2D eigenvalue weighted by atomic mass is 10.2. The summed E-state index contributed by atoms with van der Waals surface area (Å²) in [6, 6.07) is 1.68. The van der Waals surface area contributed by atoms with Gasteiger partial charge in [0.05, 0.1) is 31.0 Å². The Morgan fingerprint density at radius 3 is 2.67 bits per heavy atom. The van der Waals surface area contributed by atoms with Crippen molar-refractivity contribution >= 4 is 50.0 Å². The van der Waals surface area contributed by atoms with Crippen molar-refractivity contribution in [1.82, 2.24) is 15.0 Å². The van der Waals surface area contributed by atoms with E-state index in [0.717, 1.165) is 0 Å². The molecule has 3 N–H and O–H groups in total. The van der Waals surface area contributed by atoms with Crippen molar-refractivity contribution in [2.45, 2.75) is 0 Å². The molecule has 144 valence electrons. The van der Waals surface area contributed by atoms with E-state index >= 15 is 0 Å². The van der Waals surface area contributed by atoms with Crippen LogP contribution in [0.2, 0.25) is 0 Å². The van der Waals surface area contributed by atoms with Gasteiger partial charge in [-0.3, -0.25) is 0 Å². The predicted molar refractivity (Wildman–Crippen MR) is 106 cm³/mol. The van der Waals surface area contributed by atoms with Crippen LogP contribution >= 0.6 is 31.9 Å². The Balaban J connectivity index is 1.80. The van der Waals surface area contributed by atoms with Gasteiger partial charge < -0.3 is 24.6 Å². The zero-order valence-electron chi connectivity index (χ0n) is 14.2. The number of nitrogens with one attached hydrogen (secondary N) is 1. The maximum Gasteiger partial charge on any atom is 0.322 e. The van der Waals surface area contributed by atoms with Gasteiger partial charge >= 0.3 is 6.01 Å². The van der Waals surface area contributed by atoms with Crippen molar-refractivity contribution in [2.75, 3.05) is 43.7 Å². The molecule has 12 heteroatoms. The molecule has 1 aliphatic rings. The number of halogens is 2. The third-order valence-corrected chi connectivity index (χ3v) is 5.00. The standard InChI is InChI=1S/C15H16Br2N6O4/c1-26-15-20-13(19-14(21-15)23-2-4-27-5-3-23)22-18-7-8-6-9(16)12(25)10(17)11(8)24/h6-7,24-25H,2-5H2,1H3,(H,19,20,21,22). The highest BCUT2D eigenvalue weighted by atomic mass is 79.9. The number of morpholine rings is 1. The first-order valence-corrected chi connectivity index (χ1v) is 9.40. The van der Waals surface area contributed by atoms with E-state index in [1.54, 1.807) is 0 Å². The van der Waals surface area contributed by atoms with Gasteiger partial charge in [0.25, 0.3) is 5.95 Å². The molecule has 2 aromatic rings. The van der Waals surface area contributed by atoms with Crippen molar-refractivity contribution in [3.8, 4) is 17.5 Å². The molecular formula is C15H16Br2N6O4. The fourth-order valence-electron chi connectivity index (χ4n) is 2.27. The molecule has 0 saturated carbocycles. The fourth-order valence-corrected chi connectivity index (χ4v) is 3.42. The lowest BCUT2D eigenvalue weighted by molar-refractivity contribution is 0.122. The summed E-state index contributed by atoms with van der Waals surface area (Å²) in [5.74, 6) is 0.398. The number of hydrazone groups is 1. The SMILES string of the molecule is COc1nc(NN=Cc2cc(Br)c(O)c(Br)c2O)nc(N2CCOCC2)n1. The van der Waals surface area contributed by atoms with E-state index in [2.05, 4.69) is 57.3 Å². The quantitative estimate of drug-likeness (QED) is 0.415. The van der Waals surface area contributed by atoms with Gasteiger partial charge in [0.1, 0.15) is 16.0 Å². The zero-order chi connectivity index (χ0) is 19.4. The molecule has 0 unspecified atom stereocenters. The number of methoxy groups -OCH3 is 1. The highest BCUT2D eigenvalue weighted by Crippen LogP contribution is 2.40. The van der Waals surface area contributed by atoms with E-state index in [9.17, 15) is 10.2 Å². The number of ether oxygens (including phenoxy) is 2. The third-order valence-electron chi connectivity index (χ3n) is 3.65. The molecule has 0 spiro atoms. The summed E-state index contributed by atoms with van der Waals surface area (Å²) in [5.41, 5.74) is 3.06. The van der Waals surface area contributed by atoms with Crippen LogP contribution in [0.4, 0.5) is 11.9 Å². The van der Waals surface area contributed by atoms with Crippen LogP contribution in [0.15, 0.2) is 20.1 Å². The Bertz CT molecular complexity index is 861. The first kappa shape index (κ1) is 19.6. The maximum absolute atomic E-state index is 10.1. The molecule has 1 aromatic carbocycles. The van der Waals surface area contributed by atoms with E-state index in [1.165, 1.54) is 19.4 Å². The molecule has 0 radical (unpaired) electrons. The molecule has 2 heterocycles. The van der Waals surface area contributed by atoms with E-state index in [4.69, 9.17) is 9.47 Å². The highest BCUT2D eigenvalue weighted by Gasteiger charge is 2.17. The van der Waals surface area contributed by atoms with Gasteiger partial charge in [-0.05, 0) is 37.9 Å². The second-order valence-corrected chi connectivity index (χ2v) is 7.02. The minimum Gasteiger partial charge on any atom is -0.506 e. The van der Waals surface area contributed by atoms with Gasteiger partial charge in [-0.2, -0.15) is 20.1 Å². The molecule has 10 nitrogen and oxygen atoms in total. The van der Waals surface area contributed by atoms with Crippen LogP contribution in [0.25, 0.3) is 0 Å². The molecule has 3 rings (SSSR count). The summed E-state index contributed by atoms with van der Waals surface area (Å²) in [6.07, 6.45) is 1.37. The molecule has 0 atom stereocenters. The molecule has 0 amide bonds. The summed E-state index contributed by atoms with van der Waals surface area (Å²) < 4.78 is 11.0. The van der Waals surface area contributed by atoms with E-state index < -0.39 is 0 Å². The van der Waals surface area contributed by atoms with Crippen molar-refractivity contribution < 1.29 is 19.7 Å². The number of aromatic nitrogens is 3. The number of benzene rings is 1. The Hall–Kier alpha value is -2.18. The first-order valence-electron chi connectivity index (χ1n) is 7.81. The largest absolute Gasteiger partial charge is 0.506 e. The summed E-state index contributed by atoms with van der Waals surface area (Å²) in [5, 5.41) is 23.9. The molecule has 1 aromatic heterocycles. The fraction of sp³-hybridized carbons (Fsp3) is 0.333. The van der Waals surface area contributed by atoms with E-state index in [0.29, 0.717) is 42.3 Å². The average Bonchev–Trinajstić information content (AvgIpc) is 2.70. The normalized spacial score (nSPS) is 14.6. The highest BCUT2D eigenvalue weighted by molar-refractivity contribution is 9.11. The third kappa shape index (κ3) is 4.57. The number of nitrogens with zero attached hydrogens (tertiary/aromatic N) is 5. The number of rotatable bonds is 5.